The molecular formula is C14H19N3O3. The van der Waals surface area contributed by atoms with Gasteiger partial charge in [-0.3, -0.25) is 0 Å². The number of aromatic amines is 1. The van der Waals surface area contributed by atoms with Crippen molar-refractivity contribution in [2.45, 2.75) is 12.6 Å². The number of fused-ring (bicyclic) bond motifs is 1. The van der Waals surface area contributed by atoms with Gasteiger partial charge >= 0.3 is 6.03 Å². The Morgan fingerprint density at radius 3 is 2.95 bits per heavy atom. The fourth-order valence-electron chi connectivity index (χ4n) is 1.93. The second-order valence-corrected chi connectivity index (χ2v) is 4.55. The molecule has 1 unspecified atom stereocenters. The van der Waals surface area contributed by atoms with Gasteiger partial charge in [-0.2, -0.15) is 0 Å². The van der Waals surface area contributed by atoms with Crippen LogP contribution < -0.4 is 10.6 Å². The number of aliphatic hydroxyl groups excluding tert-OH is 1. The summed E-state index contributed by atoms with van der Waals surface area (Å²) in [6.07, 6.45) is -0.696. The predicted octanol–water partition coefficient (Wildman–Crippen LogP) is 0.974. The Morgan fingerprint density at radius 2 is 2.20 bits per heavy atom. The number of hydrogen-bond acceptors (Lipinski definition) is 3. The minimum absolute atomic E-state index is 0.159. The maximum absolute atomic E-state index is 11.6. The van der Waals surface area contributed by atoms with E-state index >= 15 is 0 Å². The molecule has 1 atom stereocenters. The molecule has 0 spiro atoms. The van der Waals surface area contributed by atoms with Gasteiger partial charge in [0.05, 0.1) is 19.3 Å². The van der Waals surface area contributed by atoms with Gasteiger partial charge in [-0.1, -0.05) is 18.2 Å². The zero-order valence-electron chi connectivity index (χ0n) is 11.3. The van der Waals surface area contributed by atoms with Gasteiger partial charge < -0.3 is 25.5 Å². The Labute approximate surface area is 117 Å². The average molecular weight is 277 g/mol. The molecular weight excluding hydrogens is 258 g/mol. The number of urea groups is 1. The summed E-state index contributed by atoms with van der Waals surface area (Å²) < 4.78 is 4.77. The molecule has 1 aromatic heterocycles. The van der Waals surface area contributed by atoms with E-state index < -0.39 is 6.10 Å². The number of ether oxygens (including phenoxy) is 1. The van der Waals surface area contributed by atoms with Crippen molar-refractivity contribution in [1.29, 1.82) is 0 Å². The normalized spacial score (nSPS) is 12.3. The average Bonchev–Trinajstić information content (AvgIpc) is 2.86. The summed E-state index contributed by atoms with van der Waals surface area (Å²) in [5, 5.41) is 15.8. The Kier molecular flexibility index (Phi) is 4.97. The zero-order valence-corrected chi connectivity index (χ0v) is 11.3. The van der Waals surface area contributed by atoms with Crippen LogP contribution in [0.5, 0.6) is 0 Å². The summed E-state index contributed by atoms with van der Waals surface area (Å²) in [6.45, 7) is 0.759. The van der Waals surface area contributed by atoms with Gasteiger partial charge in [-0.25, -0.2) is 4.79 Å². The van der Waals surface area contributed by atoms with Crippen molar-refractivity contribution < 1.29 is 14.6 Å². The van der Waals surface area contributed by atoms with E-state index in [1.54, 1.807) is 0 Å². The van der Waals surface area contributed by atoms with Crippen molar-refractivity contribution in [1.82, 2.24) is 15.6 Å². The molecule has 0 radical (unpaired) electrons. The molecule has 108 valence electrons. The van der Waals surface area contributed by atoms with E-state index in [-0.39, 0.29) is 19.2 Å². The number of benzene rings is 1. The second kappa shape index (κ2) is 6.93. The zero-order chi connectivity index (χ0) is 14.4. The van der Waals surface area contributed by atoms with E-state index in [4.69, 9.17) is 4.74 Å². The largest absolute Gasteiger partial charge is 0.389 e. The van der Waals surface area contributed by atoms with Crippen LogP contribution in [0.1, 0.15) is 5.69 Å². The summed E-state index contributed by atoms with van der Waals surface area (Å²) in [4.78, 5) is 14.8. The molecule has 20 heavy (non-hydrogen) atoms. The van der Waals surface area contributed by atoms with Crippen molar-refractivity contribution in [2.75, 3.05) is 20.3 Å². The van der Waals surface area contributed by atoms with Crippen LogP contribution in [0.2, 0.25) is 0 Å². The lowest BCUT2D eigenvalue weighted by atomic mass is 10.2. The van der Waals surface area contributed by atoms with Crippen LogP contribution in [-0.2, 0) is 11.3 Å². The Bertz CT molecular complexity index is 535. The molecule has 0 saturated heterocycles. The number of hydrogen-bond donors (Lipinski definition) is 4. The lowest BCUT2D eigenvalue weighted by Gasteiger charge is -2.11. The number of aromatic nitrogens is 1. The quantitative estimate of drug-likeness (QED) is 0.634. The smallest absolute Gasteiger partial charge is 0.315 e. The fourth-order valence-corrected chi connectivity index (χ4v) is 1.93. The van der Waals surface area contributed by atoms with Crippen LogP contribution in [0.15, 0.2) is 30.3 Å². The highest BCUT2D eigenvalue weighted by Crippen LogP contribution is 2.14. The number of methoxy groups -OCH3 is 1. The highest BCUT2D eigenvalue weighted by atomic mass is 16.5. The van der Waals surface area contributed by atoms with Gasteiger partial charge in [0.25, 0.3) is 0 Å². The maximum atomic E-state index is 11.6. The molecule has 0 aliphatic heterocycles. The van der Waals surface area contributed by atoms with Gasteiger partial charge in [0.1, 0.15) is 0 Å². The number of carbonyl (C=O) groups excluding carboxylic acids is 1. The minimum Gasteiger partial charge on any atom is -0.389 e. The summed E-state index contributed by atoms with van der Waals surface area (Å²) >= 11 is 0. The lowest BCUT2D eigenvalue weighted by Crippen LogP contribution is -2.40. The summed E-state index contributed by atoms with van der Waals surface area (Å²) in [6, 6.07) is 9.60. The van der Waals surface area contributed by atoms with Crippen LogP contribution >= 0.6 is 0 Å². The van der Waals surface area contributed by atoms with E-state index in [9.17, 15) is 9.90 Å². The van der Waals surface area contributed by atoms with Crippen LogP contribution in [0.25, 0.3) is 10.9 Å². The molecule has 6 nitrogen and oxygen atoms in total. The standard InChI is InChI=1S/C14H19N3O3/c1-20-9-12(18)8-16-14(19)15-7-11-6-10-4-2-3-5-13(10)17-11/h2-6,12,17-18H,7-9H2,1H3,(H2,15,16,19). The molecule has 2 rings (SSSR count). The maximum Gasteiger partial charge on any atom is 0.315 e. The summed E-state index contributed by atoms with van der Waals surface area (Å²) in [5.74, 6) is 0. The Morgan fingerprint density at radius 1 is 1.40 bits per heavy atom. The van der Waals surface area contributed by atoms with E-state index in [1.165, 1.54) is 7.11 Å². The van der Waals surface area contributed by atoms with Crippen molar-refractivity contribution in [3.63, 3.8) is 0 Å². The van der Waals surface area contributed by atoms with Gasteiger partial charge in [0.15, 0.2) is 0 Å². The topological polar surface area (TPSA) is 86.4 Å². The third kappa shape index (κ3) is 3.97. The Hall–Kier alpha value is -2.05. The molecule has 2 aromatic rings. The molecule has 0 saturated carbocycles. The van der Waals surface area contributed by atoms with Crippen molar-refractivity contribution in [3.8, 4) is 0 Å². The van der Waals surface area contributed by atoms with Crippen molar-refractivity contribution >= 4 is 16.9 Å². The first kappa shape index (κ1) is 14.4. The number of rotatable bonds is 6. The van der Waals surface area contributed by atoms with E-state index in [1.807, 2.05) is 30.3 Å². The van der Waals surface area contributed by atoms with E-state index in [0.29, 0.717) is 6.54 Å². The van der Waals surface area contributed by atoms with Gasteiger partial charge in [-0.15, -0.1) is 0 Å². The number of carbonyl (C=O) groups is 1. The predicted molar refractivity (Wildman–Crippen MR) is 76.4 cm³/mol. The number of amides is 2. The van der Waals surface area contributed by atoms with Gasteiger partial charge in [-0.05, 0) is 17.5 Å². The Balaban J connectivity index is 1.78. The van der Waals surface area contributed by atoms with E-state index in [0.717, 1.165) is 16.6 Å². The third-order valence-electron chi connectivity index (χ3n) is 2.88. The SMILES string of the molecule is COCC(O)CNC(=O)NCc1cc2ccccc2[nH]1. The first-order valence-electron chi connectivity index (χ1n) is 6.44. The van der Waals surface area contributed by atoms with E-state index in [2.05, 4.69) is 15.6 Å². The number of aliphatic hydroxyl groups is 1. The summed E-state index contributed by atoms with van der Waals surface area (Å²) in [5.41, 5.74) is 1.97. The third-order valence-corrected chi connectivity index (χ3v) is 2.88. The van der Waals surface area contributed by atoms with Crippen LogP contribution in [0.3, 0.4) is 0 Å². The molecule has 0 aliphatic rings. The molecule has 0 fully saturated rings. The van der Waals surface area contributed by atoms with Crippen LogP contribution in [0, 0.1) is 0 Å². The molecule has 1 aromatic carbocycles. The molecule has 1 heterocycles. The minimum atomic E-state index is -0.696. The number of para-hydroxylation sites is 1. The molecule has 0 bridgehead atoms. The van der Waals surface area contributed by atoms with Crippen molar-refractivity contribution in [3.05, 3.63) is 36.0 Å². The monoisotopic (exact) mass is 277 g/mol. The number of H-pyrrole nitrogens is 1. The number of nitrogens with one attached hydrogen (secondary N) is 3. The highest BCUT2D eigenvalue weighted by molar-refractivity contribution is 5.80. The molecule has 0 aliphatic carbocycles. The molecule has 6 heteroatoms. The second-order valence-electron chi connectivity index (χ2n) is 4.55. The fraction of sp³-hybridized carbons (Fsp3) is 0.357. The summed E-state index contributed by atoms with van der Waals surface area (Å²) in [7, 11) is 1.50. The molecule has 4 N–H and O–H groups in total. The van der Waals surface area contributed by atoms with Gasteiger partial charge in [0.2, 0.25) is 0 Å². The molecule has 2 amide bonds. The first-order valence-corrected chi connectivity index (χ1v) is 6.44. The van der Waals surface area contributed by atoms with Gasteiger partial charge in [0, 0.05) is 24.9 Å². The van der Waals surface area contributed by atoms with Crippen molar-refractivity contribution in [2.24, 2.45) is 0 Å². The lowest BCUT2D eigenvalue weighted by molar-refractivity contribution is 0.0660. The first-order chi connectivity index (χ1) is 9.69. The highest BCUT2D eigenvalue weighted by Gasteiger charge is 2.07. The van der Waals surface area contributed by atoms with Crippen LogP contribution in [-0.4, -0.2) is 42.5 Å². The van der Waals surface area contributed by atoms with Crippen LogP contribution in [0.4, 0.5) is 4.79 Å².